The van der Waals surface area contributed by atoms with Gasteiger partial charge in [0.1, 0.15) is 5.75 Å². The topological polar surface area (TPSA) is 78.7 Å². The molecule has 0 heterocycles. The second kappa shape index (κ2) is 7.40. The lowest BCUT2D eigenvalue weighted by Gasteiger charge is -2.11. The van der Waals surface area contributed by atoms with Crippen LogP contribution in [0.3, 0.4) is 0 Å². The Bertz CT molecular complexity index is 727. The summed E-state index contributed by atoms with van der Waals surface area (Å²) in [5, 5.41) is 11.4. The predicted molar refractivity (Wildman–Crippen MR) is 84.7 cm³/mol. The molecule has 120 valence electrons. The quantitative estimate of drug-likeness (QED) is 0.460. The van der Waals surface area contributed by atoms with Crippen molar-refractivity contribution in [3.63, 3.8) is 0 Å². The van der Waals surface area contributed by atoms with Crippen LogP contribution in [0.5, 0.6) is 11.5 Å². The zero-order valence-electron chi connectivity index (χ0n) is 12.9. The van der Waals surface area contributed by atoms with Gasteiger partial charge >= 0.3 is 11.7 Å². The van der Waals surface area contributed by atoms with Crippen molar-refractivity contribution in [2.75, 3.05) is 6.61 Å². The molecule has 6 nitrogen and oxygen atoms in total. The molecule has 2 aromatic rings. The Kier molecular flexibility index (Phi) is 5.30. The van der Waals surface area contributed by atoms with E-state index < -0.39 is 10.9 Å². The van der Waals surface area contributed by atoms with Gasteiger partial charge in [0.2, 0.25) is 5.75 Å². The van der Waals surface area contributed by atoms with E-state index in [1.165, 1.54) is 12.1 Å². The Morgan fingerprint density at radius 3 is 2.48 bits per heavy atom. The third kappa shape index (κ3) is 4.06. The van der Waals surface area contributed by atoms with Crippen molar-refractivity contribution in [1.29, 1.82) is 0 Å². The zero-order chi connectivity index (χ0) is 16.8. The van der Waals surface area contributed by atoms with E-state index in [2.05, 4.69) is 0 Å². The summed E-state index contributed by atoms with van der Waals surface area (Å²) in [6.07, 6.45) is -0.172. The molecule has 2 aromatic carbocycles. The van der Waals surface area contributed by atoms with Crippen LogP contribution in [0, 0.1) is 17.0 Å². The zero-order valence-corrected chi connectivity index (χ0v) is 12.9. The molecule has 0 aliphatic carbocycles. The standard InChI is InChI=1S/C17H17NO5/c1-3-22-16(19)11-13-8-6-10-15(17(13)18(20)21)23-14-9-5-4-7-12(14)2/h4-10H,3,11H2,1-2H3. The van der Waals surface area contributed by atoms with Gasteiger partial charge in [0.05, 0.1) is 18.0 Å². The lowest BCUT2D eigenvalue weighted by Crippen LogP contribution is -2.09. The summed E-state index contributed by atoms with van der Waals surface area (Å²) in [4.78, 5) is 22.5. The van der Waals surface area contributed by atoms with Gasteiger partial charge in [-0.25, -0.2) is 0 Å². The first kappa shape index (κ1) is 16.5. The predicted octanol–water partition coefficient (Wildman–Crippen LogP) is 3.80. The molecule has 0 unspecified atom stereocenters. The highest BCUT2D eigenvalue weighted by Crippen LogP contribution is 2.35. The highest BCUT2D eigenvalue weighted by molar-refractivity contribution is 5.75. The van der Waals surface area contributed by atoms with Gasteiger partial charge in [-0.2, -0.15) is 0 Å². The van der Waals surface area contributed by atoms with E-state index in [0.29, 0.717) is 5.75 Å². The molecule has 0 radical (unpaired) electrons. The Labute approximate surface area is 133 Å². The van der Waals surface area contributed by atoms with Gasteiger partial charge in [-0.3, -0.25) is 14.9 Å². The molecule has 0 saturated carbocycles. The third-order valence-electron chi connectivity index (χ3n) is 3.22. The smallest absolute Gasteiger partial charge is 0.315 e. The first-order chi connectivity index (χ1) is 11.0. The Morgan fingerprint density at radius 1 is 1.13 bits per heavy atom. The van der Waals surface area contributed by atoms with Crippen LogP contribution >= 0.6 is 0 Å². The highest BCUT2D eigenvalue weighted by Gasteiger charge is 2.23. The number of rotatable bonds is 6. The van der Waals surface area contributed by atoms with Crippen molar-refractivity contribution in [3.05, 3.63) is 63.7 Å². The summed E-state index contributed by atoms with van der Waals surface area (Å²) in [5.74, 6) is 0.124. The maximum Gasteiger partial charge on any atom is 0.315 e. The van der Waals surface area contributed by atoms with Crippen molar-refractivity contribution >= 4 is 11.7 Å². The Hall–Kier alpha value is -2.89. The summed E-state index contributed by atoms with van der Waals surface area (Å²) in [7, 11) is 0. The van der Waals surface area contributed by atoms with Gasteiger partial charge in [0.15, 0.2) is 0 Å². The van der Waals surface area contributed by atoms with E-state index in [1.807, 2.05) is 19.1 Å². The number of ether oxygens (including phenoxy) is 2. The fourth-order valence-corrected chi connectivity index (χ4v) is 2.16. The molecule has 0 saturated heterocycles. The van der Waals surface area contributed by atoms with Crippen LogP contribution in [0.1, 0.15) is 18.1 Å². The Balaban J connectivity index is 2.38. The summed E-state index contributed by atoms with van der Waals surface area (Å²) in [5.41, 5.74) is 0.904. The van der Waals surface area contributed by atoms with Crippen LogP contribution in [-0.2, 0) is 16.0 Å². The van der Waals surface area contributed by atoms with Gasteiger partial charge in [0, 0.05) is 5.56 Å². The van der Waals surface area contributed by atoms with Crippen LogP contribution in [0.4, 0.5) is 5.69 Å². The summed E-state index contributed by atoms with van der Waals surface area (Å²) >= 11 is 0. The van der Waals surface area contributed by atoms with Gasteiger partial charge in [0.25, 0.3) is 0 Å². The van der Waals surface area contributed by atoms with E-state index >= 15 is 0 Å². The minimum Gasteiger partial charge on any atom is -0.466 e. The van der Waals surface area contributed by atoms with E-state index in [1.54, 1.807) is 25.1 Å². The number of nitrogens with zero attached hydrogens (tertiary/aromatic N) is 1. The van der Waals surface area contributed by atoms with Crippen LogP contribution in [-0.4, -0.2) is 17.5 Å². The molecule has 0 bridgehead atoms. The third-order valence-corrected chi connectivity index (χ3v) is 3.22. The number of hydrogen-bond donors (Lipinski definition) is 0. The Morgan fingerprint density at radius 2 is 1.83 bits per heavy atom. The molecule has 23 heavy (non-hydrogen) atoms. The number of para-hydroxylation sites is 2. The van der Waals surface area contributed by atoms with Crippen molar-refractivity contribution in [3.8, 4) is 11.5 Å². The molecule has 0 atom stereocenters. The number of aryl methyl sites for hydroxylation is 1. The first-order valence-corrected chi connectivity index (χ1v) is 7.18. The molecule has 0 N–H and O–H groups in total. The fourth-order valence-electron chi connectivity index (χ4n) is 2.16. The lowest BCUT2D eigenvalue weighted by atomic mass is 10.1. The molecule has 0 fully saturated rings. The fraction of sp³-hybridized carbons (Fsp3) is 0.235. The highest BCUT2D eigenvalue weighted by atomic mass is 16.6. The van der Waals surface area contributed by atoms with Gasteiger partial charge in [-0.05, 0) is 31.5 Å². The minimum atomic E-state index is -0.540. The molecule has 0 aliphatic heterocycles. The molecule has 0 aliphatic rings. The number of carbonyl (C=O) groups is 1. The van der Waals surface area contributed by atoms with Crippen LogP contribution in [0.25, 0.3) is 0 Å². The SMILES string of the molecule is CCOC(=O)Cc1cccc(Oc2ccccc2C)c1[N+](=O)[O-]. The van der Waals surface area contributed by atoms with Crippen LogP contribution in [0.15, 0.2) is 42.5 Å². The molecule has 2 rings (SSSR count). The van der Waals surface area contributed by atoms with Crippen LogP contribution < -0.4 is 4.74 Å². The van der Waals surface area contributed by atoms with Gasteiger partial charge in [-0.1, -0.05) is 30.3 Å². The number of esters is 1. The number of benzene rings is 2. The molecule has 0 spiro atoms. The van der Waals surface area contributed by atoms with Crippen molar-refractivity contribution < 1.29 is 19.2 Å². The lowest BCUT2D eigenvalue weighted by molar-refractivity contribution is -0.386. The first-order valence-electron chi connectivity index (χ1n) is 7.18. The number of nitro groups is 1. The average molecular weight is 315 g/mol. The molecular weight excluding hydrogens is 298 g/mol. The van der Waals surface area contributed by atoms with Crippen LogP contribution in [0.2, 0.25) is 0 Å². The average Bonchev–Trinajstić information content (AvgIpc) is 2.49. The van der Waals surface area contributed by atoms with Gasteiger partial charge < -0.3 is 9.47 Å². The monoisotopic (exact) mass is 315 g/mol. The van der Waals surface area contributed by atoms with Crippen molar-refractivity contribution in [2.24, 2.45) is 0 Å². The van der Waals surface area contributed by atoms with Gasteiger partial charge in [-0.15, -0.1) is 0 Å². The van der Waals surface area contributed by atoms with Crippen molar-refractivity contribution in [2.45, 2.75) is 20.3 Å². The second-order valence-electron chi connectivity index (χ2n) is 4.87. The second-order valence-corrected chi connectivity index (χ2v) is 4.87. The number of nitro benzene ring substituents is 1. The number of carbonyl (C=O) groups excluding carboxylic acids is 1. The molecular formula is C17H17NO5. The molecule has 0 aromatic heterocycles. The number of hydrogen-bond acceptors (Lipinski definition) is 5. The largest absolute Gasteiger partial charge is 0.466 e. The maximum atomic E-state index is 11.6. The molecule has 0 amide bonds. The summed E-state index contributed by atoms with van der Waals surface area (Å²) in [6, 6.07) is 11.9. The normalized spacial score (nSPS) is 10.2. The van der Waals surface area contributed by atoms with E-state index in [0.717, 1.165) is 5.56 Å². The minimum absolute atomic E-state index is 0.103. The summed E-state index contributed by atoms with van der Waals surface area (Å²) in [6.45, 7) is 3.76. The molecule has 6 heteroatoms. The van der Waals surface area contributed by atoms with E-state index in [-0.39, 0.29) is 30.0 Å². The van der Waals surface area contributed by atoms with Crippen molar-refractivity contribution in [1.82, 2.24) is 0 Å². The summed E-state index contributed by atoms with van der Waals surface area (Å²) < 4.78 is 10.5. The van der Waals surface area contributed by atoms with E-state index in [9.17, 15) is 14.9 Å². The maximum absolute atomic E-state index is 11.6. The van der Waals surface area contributed by atoms with E-state index in [4.69, 9.17) is 9.47 Å².